The quantitative estimate of drug-likeness (QED) is 0.655. The Morgan fingerprint density at radius 3 is 2.65 bits per heavy atom. The Labute approximate surface area is 143 Å². The second kappa shape index (κ2) is 7.10. The van der Waals surface area contributed by atoms with Crippen LogP contribution < -0.4 is 10.7 Å². The van der Waals surface area contributed by atoms with Gasteiger partial charge in [0.2, 0.25) is 11.1 Å². The van der Waals surface area contributed by atoms with E-state index in [-0.39, 0.29) is 5.91 Å². The molecule has 2 N–H and O–H groups in total. The summed E-state index contributed by atoms with van der Waals surface area (Å²) in [5.41, 5.74) is 1.02. The first kappa shape index (κ1) is 15.9. The molecule has 0 spiro atoms. The fraction of sp³-hybridized carbons (Fsp3) is 0.357. The van der Waals surface area contributed by atoms with Crippen molar-refractivity contribution in [3.05, 3.63) is 35.6 Å². The summed E-state index contributed by atoms with van der Waals surface area (Å²) in [7, 11) is 0. The molecule has 1 aromatic heterocycles. The maximum Gasteiger partial charge on any atom is 0.233 e. The summed E-state index contributed by atoms with van der Waals surface area (Å²) in [5, 5.41) is 8.81. The van der Waals surface area contributed by atoms with Gasteiger partial charge in [-0.05, 0) is 12.1 Å². The Kier molecular flexibility index (Phi) is 4.92. The first-order chi connectivity index (χ1) is 11.1. The highest BCUT2D eigenvalue weighted by Gasteiger charge is 2.22. The summed E-state index contributed by atoms with van der Waals surface area (Å²) in [4.78, 5) is 16.3. The van der Waals surface area contributed by atoms with Crippen molar-refractivity contribution in [2.75, 3.05) is 42.7 Å². The molecule has 122 valence electrons. The number of amides is 1. The van der Waals surface area contributed by atoms with Crippen molar-refractivity contribution < 1.29 is 4.79 Å². The number of anilines is 1. The van der Waals surface area contributed by atoms with Gasteiger partial charge in [0.1, 0.15) is 6.33 Å². The van der Waals surface area contributed by atoms with Crippen LogP contribution in [-0.2, 0) is 4.79 Å². The van der Waals surface area contributed by atoms with E-state index in [0.717, 1.165) is 23.8 Å². The molecule has 1 aliphatic rings. The Balaban J connectivity index is 1.51. The van der Waals surface area contributed by atoms with Gasteiger partial charge in [-0.25, -0.2) is 4.68 Å². The summed E-state index contributed by atoms with van der Waals surface area (Å²) in [6.07, 6.45) is 1.41. The topological polar surface area (TPSA) is 80.3 Å². The lowest BCUT2D eigenvalue weighted by atomic mass is 10.2. The Morgan fingerprint density at radius 2 is 2.00 bits per heavy atom. The Morgan fingerprint density at radius 1 is 1.26 bits per heavy atom. The molecule has 1 fully saturated rings. The lowest BCUT2D eigenvalue weighted by molar-refractivity contribution is -0.128. The van der Waals surface area contributed by atoms with Gasteiger partial charge < -0.3 is 15.6 Å². The first-order valence-corrected chi connectivity index (χ1v) is 8.56. The van der Waals surface area contributed by atoms with Crippen LogP contribution in [0.15, 0.2) is 35.7 Å². The van der Waals surface area contributed by atoms with Gasteiger partial charge in [0.15, 0.2) is 0 Å². The lowest BCUT2D eigenvalue weighted by Crippen LogP contribution is -2.49. The number of nitrogen functional groups attached to an aromatic ring is 1. The van der Waals surface area contributed by atoms with Crippen molar-refractivity contribution in [3.63, 3.8) is 0 Å². The van der Waals surface area contributed by atoms with Crippen LogP contribution in [0.1, 0.15) is 0 Å². The van der Waals surface area contributed by atoms with Crippen LogP contribution in [0.25, 0.3) is 0 Å². The minimum Gasteiger partial charge on any atom is -0.367 e. The van der Waals surface area contributed by atoms with E-state index in [1.165, 1.54) is 22.8 Å². The minimum absolute atomic E-state index is 0.0804. The zero-order valence-corrected chi connectivity index (χ0v) is 14.0. The fourth-order valence-corrected chi connectivity index (χ4v) is 3.45. The third-order valence-electron chi connectivity index (χ3n) is 3.69. The number of para-hydroxylation sites is 1. The smallest absolute Gasteiger partial charge is 0.233 e. The summed E-state index contributed by atoms with van der Waals surface area (Å²) < 4.78 is 1.31. The maximum absolute atomic E-state index is 12.3. The molecular formula is C14H17ClN6OS. The number of rotatable bonds is 4. The van der Waals surface area contributed by atoms with Crippen LogP contribution in [0.2, 0.25) is 5.02 Å². The SMILES string of the molecule is Nn1cnnc1SCC(=O)N1CCN(c2ccccc2Cl)CC1. The highest BCUT2D eigenvalue weighted by atomic mass is 35.5. The second-order valence-corrected chi connectivity index (χ2v) is 6.48. The van der Waals surface area contributed by atoms with E-state index in [9.17, 15) is 4.79 Å². The number of carbonyl (C=O) groups excluding carboxylic acids is 1. The molecule has 0 radical (unpaired) electrons. The molecule has 0 saturated carbocycles. The molecule has 2 heterocycles. The van der Waals surface area contributed by atoms with Crippen LogP contribution in [0.4, 0.5) is 5.69 Å². The van der Waals surface area contributed by atoms with E-state index in [1.54, 1.807) is 0 Å². The number of thioether (sulfide) groups is 1. The van der Waals surface area contributed by atoms with Gasteiger partial charge in [-0.3, -0.25) is 4.79 Å². The van der Waals surface area contributed by atoms with Gasteiger partial charge in [-0.15, -0.1) is 10.2 Å². The van der Waals surface area contributed by atoms with E-state index in [4.69, 9.17) is 17.4 Å². The number of benzene rings is 1. The molecule has 1 aromatic carbocycles. The number of nitrogens with two attached hydrogens (primary N) is 1. The predicted molar refractivity (Wildman–Crippen MR) is 91.1 cm³/mol. The van der Waals surface area contributed by atoms with Crippen molar-refractivity contribution in [1.29, 1.82) is 0 Å². The molecule has 0 bridgehead atoms. The van der Waals surface area contributed by atoms with Crippen molar-refractivity contribution in [2.45, 2.75) is 5.16 Å². The molecule has 1 aliphatic heterocycles. The molecular weight excluding hydrogens is 336 g/mol. The van der Waals surface area contributed by atoms with Crippen LogP contribution in [-0.4, -0.2) is 57.6 Å². The van der Waals surface area contributed by atoms with E-state index >= 15 is 0 Å². The second-order valence-electron chi connectivity index (χ2n) is 5.13. The summed E-state index contributed by atoms with van der Waals surface area (Å²) in [6, 6.07) is 7.77. The Bertz CT molecular complexity index is 685. The van der Waals surface area contributed by atoms with Crippen LogP contribution >= 0.6 is 23.4 Å². The van der Waals surface area contributed by atoms with Gasteiger partial charge >= 0.3 is 0 Å². The van der Waals surface area contributed by atoms with Gasteiger partial charge in [0, 0.05) is 26.2 Å². The zero-order chi connectivity index (χ0) is 16.2. The molecule has 1 amide bonds. The molecule has 0 atom stereocenters. The average molecular weight is 353 g/mol. The molecule has 0 aliphatic carbocycles. The number of carbonyl (C=O) groups is 1. The van der Waals surface area contributed by atoms with E-state index in [2.05, 4.69) is 15.1 Å². The molecule has 1 saturated heterocycles. The summed E-state index contributed by atoms with van der Waals surface area (Å²) in [6.45, 7) is 2.90. The van der Waals surface area contributed by atoms with Crippen molar-refractivity contribution in [2.24, 2.45) is 0 Å². The molecule has 3 rings (SSSR count). The first-order valence-electron chi connectivity index (χ1n) is 7.20. The van der Waals surface area contributed by atoms with E-state index in [1.807, 2.05) is 29.2 Å². The standard InChI is InChI=1S/C14H17ClN6OS/c15-11-3-1-2-4-12(11)19-5-7-20(8-6-19)13(22)9-23-14-18-17-10-21(14)16/h1-4,10H,5-9,16H2. The van der Waals surface area contributed by atoms with Gasteiger partial charge in [0.05, 0.1) is 16.5 Å². The third-order valence-corrected chi connectivity index (χ3v) is 4.95. The lowest BCUT2D eigenvalue weighted by Gasteiger charge is -2.36. The average Bonchev–Trinajstić information content (AvgIpc) is 2.98. The number of aromatic nitrogens is 3. The van der Waals surface area contributed by atoms with Crippen molar-refractivity contribution in [3.8, 4) is 0 Å². The molecule has 23 heavy (non-hydrogen) atoms. The summed E-state index contributed by atoms with van der Waals surface area (Å²) in [5.74, 6) is 6.02. The monoisotopic (exact) mass is 352 g/mol. The van der Waals surface area contributed by atoms with Gasteiger partial charge in [0.25, 0.3) is 0 Å². The maximum atomic E-state index is 12.3. The van der Waals surface area contributed by atoms with Gasteiger partial charge in [-0.2, -0.15) is 0 Å². The Hall–Kier alpha value is -1.93. The number of hydrogen-bond donors (Lipinski definition) is 1. The number of hydrogen-bond acceptors (Lipinski definition) is 6. The van der Waals surface area contributed by atoms with Crippen LogP contribution in [0.5, 0.6) is 0 Å². The fourth-order valence-electron chi connectivity index (χ4n) is 2.46. The highest BCUT2D eigenvalue weighted by molar-refractivity contribution is 7.99. The molecule has 7 nitrogen and oxygen atoms in total. The van der Waals surface area contributed by atoms with E-state index in [0.29, 0.717) is 24.0 Å². The van der Waals surface area contributed by atoms with Crippen LogP contribution in [0, 0.1) is 0 Å². The van der Waals surface area contributed by atoms with Crippen molar-refractivity contribution in [1.82, 2.24) is 19.8 Å². The number of piperazine rings is 1. The number of halogens is 1. The largest absolute Gasteiger partial charge is 0.367 e. The summed E-state index contributed by atoms with van der Waals surface area (Å²) >= 11 is 7.52. The molecule has 2 aromatic rings. The van der Waals surface area contributed by atoms with Crippen molar-refractivity contribution >= 4 is 35.0 Å². The number of nitrogens with zero attached hydrogens (tertiary/aromatic N) is 5. The molecule has 0 unspecified atom stereocenters. The van der Waals surface area contributed by atoms with E-state index < -0.39 is 0 Å². The third kappa shape index (κ3) is 3.70. The highest BCUT2D eigenvalue weighted by Crippen LogP contribution is 2.26. The van der Waals surface area contributed by atoms with Gasteiger partial charge in [-0.1, -0.05) is 35.5 Å². The van der Waals surface area contributed by atoms with Crippen LogP contribution in [0.3, 0.4) is 0 Å². The predicted octanol–water partition coefficient (Wildman–Crippen LogP) is 1.09. The minimum atomic E-state index is 0.0804. The normalized spacial score (nSPS) is 15.0. The zero-order valence-electron chi connectivity index (χ0n) is 12.4. The molecule has 9 heteroatoms.